The van der Waals surface area contributed by atoms with Crippen LogP contribution >= 0.6 is 0 Å². The zero-order valence-electron chi connectivity index (χ0n) is 11.6. The molecule has 2 N–H and O–H groups in total. The molecule has 1 aliphatic rings. The maximum Gasteiger partial charge on any atom is 0.220 e. The highest BCUT2D eigenvalue weighted by atomic mass is 16.1. The molecule has 19 heavy (non-hydrogen) atoms. The lowest BCUT2D eigenvalue weighted by molar-refractivity contribution is -0.121. The van der Waals surface area contributed by atoms with Crippen molar-refractivity contribution in [2.24, 2.45) is 0 Å². The molecule has 0 aliphatic carbocycles. The highest BCUT2D eigenvalue weighted by Gasteiger charge is 2.14. The third-order valence-electron chi connectivity index (χ3n) is 3.34. The quantitative estimate of drug-likeness (QED) is 0.852. The molecule has 0 aromatic carbocycles. The fraction of sp³-hybridized carbons (Fsp3) is 0.571. The molecule has 1 aromatic rings. The minimum atomic E-state index is -0.0460. The largest absolute Gasteiger partial charge is 0.354 e. The Hall–Kier alpha value is -1.62. The van der Waals surface area contributed by atoms with Crippen molar-refractivity contribution >= 4 is 11.7 Å². The number of hydrogen-bond acceptors (Lipinski definition) is 4. The van der Waals surface area contributed by atoms with Gasteiger partial charge in [0.25, 0.3) is 0 Å². The van der Waals surface area contributed by atoms with Gasteiger partial charge in [-0.3, -0.25) is 4.79 Å². The van der Waals surface area contributed by atoms with E-state index in [1.54, 1.807) is 0 Å². The van der Waals surface area contributed by atoms with E-state index in [0.717, 1.165) is 37.7 Å². The Kier molecular flexibility index (Phi) is 4.74. The Labute approximate surface area is 114 Å². The van der Waals surface area contributed by atoms with E-state index in [-0.39, 0.29) is 11.9 Å². The van der Waals surface area contributed by atoms with Crippen molar-refractivity contribution in [3.8, 4) is 0 Å². The number of anilines is 1. The molecule has 1 fully saturated rings. The summed E-state index contributed by atoms with van der Waals surface area (Å²) < 4.78 is 0. The first kappa shape index (κ1) is 13.8. The molecule has 2 heterocycles. The van der Waals surface area contributed by atoms with Gasteiger partial charge in [-0.1, -0.05) is 13.0 Å². The maximum absolute atomic E-state index is 11.4. The number of hydrogen-bond donors (Lipinski definition) is 2. The van der Waals surface area contributed by atoms with Crippen LogP contribution in [0.25, 0.3) is 0 Å². The van der Waals surface area contributed by atoms with Gasteiger partial charge in [-0.05, 0) is 19.1 Å². The molecule has 2 rings (SSSR count). The summed E-state index contributed by atoms with van der Waals surface area (Å²) in [6.07, 6.45) is 0.502. The van der Waals surface area contributed by atoms with E-state index >= 15 is 0 Å². The highest BCUT2D eigenvalue weighted by molar-refractivity contribution is 5.75. The average molecular weight is 262 g/mol. The summed E-state index contributed by atoms with van der Waals surface area (Å²) >= 11 is 0. The number of nitrogens with zero attached hydrogens (tertiary/aromatic N) is 2. The lowest BCUT2D eigenvalue weighted by Crippen LogP contribution is -2.44. The number of carbonyl (C=O) groups is 1. The first-order valence-corrected chi connectivity index (χ1v) is 6.92. The van der Waals surface area contributed by atoms with Crippen LogP contribution in [0.1, 0.15) is 32.0 Å². The molecular formula is C14H22N4O. The molecule has 1 aromatic heterocycles. The summed E-state index contributed by atoms with van der Waals surface area (Å²) in [5.41, 5.74) is 0.915. The van der Waals surface area contributed by atoms with Crippen LogP contribution in [-0.4, -0.2) is 37.1 Å². The number of aromatic nitrogens is 1. The molecule has 0 spiro atoms. The zero-order valence-corrected chi connectivity index (χ0v) is 11.6. The maximum atomic E-state index is 11.4. The Balaban J connectivity index is 2.07. The van der Waals surface area contributed by atoms with Gasteiger partial charge in [0.1, 0.15) is 5.82 Å². The molecule has 104 valence electrons. The number of nitrogens with one attached hydrogen (secondary N) is 2. The minimum Gasteiger partial charge on any atom is -0.354 e. The third kappa shape index (κ3) is 3.67. The van der Waals surface area contributed by atoms with Crippen molar-refractivity contribution in [1.29, 1.82) is 0 Å². The molecule has 5 nitrogen and oxygen atoms in total. The van der Waals surface area contributed by atoms with E-state index in [1.165, 1.54) is 0 Å². The normalized spacial score (nSPS) is 17.1. The SMILES string of the molecule is CCC(=O)N[C@H](C)c1cccc(N2CCNCC2)n1. The van der Waals surface area contributed by atoms with Crippen molar-refractivity contribution in [2.45, 2.75) is 26.3 Å². The monoisotopic (exact) mass is 262 g/mol. The van der Waals surface area contributed by atoms with Crippen LogP contribution in [0, 0.1) is 0 Å². The molecule has 5 heteroatoms. The lowest BCUT2D eigenvalue weighted by Gasteiger charge is -2.29. The number of pyridine rings is 1. The van der Waals surface area contributed by atoms with Crippen LogP contribution in [0.4, 0.5) is 5.82 Å². The van der Waals surface area contributed by atoms with E-state index in [0.29, 0.717) is 6.42 Å². The Morgan fingerprint density at radius 1 is 1.47 bits per heavy atom. The number of carbonyl (C=O) groups excluding carboxylic acids is 1. The van der Waals surface area contributed by atoms with Crippen LogP contribution in [0.5, 0.6) is 0 Å². The Bertz CT molecular complexity index is 429. The predicted octanol–water partition coefficient (Wildman–Crippen LogP) is 1.08. The predicted molar refractivity (Wildman–Crippen MR) is 76.2 cm³/mol. The molecular weight excluding hydrogens is 240 g/mol. The second-order valence-electron chi connectivity index (χ2n) is 4.80. The van der Waals surface area contributed by atoms with Gasteiger partial charge in [-0.25, -0.2) is 4.98 Å². The molecule has 0 saturated carbocycles. The van der Waals surface area contributed by atoms with E-state index in [1.807, 2.05) is 32.0 Å². The van der Waals surface area contributed by atoms with Crippen molar-refractivity contribution in [2.75, 3.05) is 31.1 Å². The highest BCUT2D eigenvalue weighted by Crippen LogP contribution is 2.16. The van der Waals surface area contributed by atoms with E-state index in [4.69, 9.17) is 0 Å². The van der Waals surface area contributed by atoms with Gasteiger partial charge < -0.3 is 15.5 Å². The summed E-state index contributed by atoms with van der Waals surface area (Å²) in [7, 11) is 0. The van der Waals surface area contributed by atoms with Crippen LogP contribution in [0.3, 0.4) is 0 Å². The molecule has 1 aliphatic heterocycles. The molecule has 1 atom stereocenters. The van der Waals surface area contributed by atoms with Crippen LogP contribution in [0.15, 0.2) is 18.2 Å². The first-order valence-electron chi connectivity index (χ1n) is 6.92. The minimum absolute atomic E-state index is 0.0460. The summed E-state index contributed by atoms with van der Waals surface area (Å²) in [5, 5.41) is 6.27. The van der Waals surface area contributed by atoms with Gasteiger partial charge in [0.2, 0.25) is 5.91 Å². The third-order valence-corrected chi connectivity index (χ3v) is 3.34. The van der Waals surface area contributed by atoms with Gasteiger partial charge in [0, 0.05) is 32.6 Å². The fourth-order valence-electron chi connectivity index (χ4n) is 2.17. The summed E-state index contributed by atoms with van der Waals surface area (Å²) in [6.45, 7) is 7.77. The van der Waals surface area contributed by atoms with Crippen molar-refractivity contribution in [3.05, 3.63) is 23.9 Å². The van der Waals surface area contributed by atoms with Gasteiger partial charge in [0.15, 0.2) is 0 Å². The molecule has 0 bridgehead atoms. The van der Waals surface area contributed by atoms with E-state index in [2.05, 4.69) is 20.5 Å². The Morgan fingerprint density at radius 2 is 2.21 bits per heavy atom. The first-order chi connectivity index (χ1) is 9.20. The van der Waals surface area contributed by atoms with Gasteiger partial charge >= 0.3 is 0 Å². The summed E-state index contributed by atoms with van der Waals surface area (Å²) in [4.78, 5) is 18.4. The number of rotatable bonds is 4. The van der Waals surface area contributed by atoms with E-state index < -0.39 is 0 Å². The second-order valence-corrected chi connectivity index (χ2v) is 4.80. The van der Waals surface area contributed by atoms with Crippen molar-refractivity contribution < 1.29 is 4.79 Å². The van der Waals surface area contributed by atoms with Crippen LogP contribution in [-0.2, 0) is 4.79 Å². The zero-order chi connectivity index (χ0) is 13.7. The van der Waals surface area contributed by atoms with Crippen molar-refractivity contribution in [1.82, 2.24) is 15.6 Å². The Morgan fingerprint density at radius 3 is 2.89 bits per heavy atom. The second kappa shape index (κ2) is 6.52. The summed E-state index contributed by atoms with van der Waals surface area (Å²) in [6, 6.07) is 5.96. The molecule has 0 radical (unpaired) electrons. The standard InChI is InChI=1S/C14H22N4O/c1-3-14(19)16-11(2)12-5-4-6-13(17-12)18-9-7-15-8-10-18/h4-6,11,15H,3,7-10H2,1-2H3,(H,16,19)/t11-/m1/s1. The molecule has 1 saturated heterocycles. The topological polar surface area (TPSA) is 57.3 Å². The van der Waals surface area contributed by atoms with E-state index in [9.17, 15) is 4.79 Å². The lowest BCUT2D eigenvalue weighted by atomic mass is 10.2. The summed E-state index contributed by atoms with van der Waals surface area (Å²) in [5.74, 6) is 1.05. The fourth-order valence-corrected chi connectivity index (χ4v) is 2.17. The average Bonchev–Trinajstić information content (AvgIpc) is 2.48. The molecule has 1 amide bonds. The van der Waals surface area contributed by atoms with Crippen molar-refractivity contribution in [3.63, 3.8) is 0 Å². The smallest absolute Gasteiger partial charge is 0.220 e. The number of piperazine rings is 1. The van der Waals surface area contributed by atoms with Gasteiger partial charge in [-0.15, -0.1) is 0 Å². The van der Waals surface area contributed by atoms with Gasteiger partial charge in [0.05, 0.1) is 11.7 Å². The number of amides is 1. The molecule has 0 unspecified atom stereocenters. The van der Waals surface area contributed by atoms with Crippen LogP contribution < -0.4 is 15.5 Å². The van der Waals surface area contributed by atoms with Crippen LogP contribution in [0.2, 0.25) is 0 Å². The van der Waals surface area contributed by atoms with Gasteiger partial charge in [-0.2, -0.15) is 0 Å².